The van der Waals surface area contributed by atoms with E-state index in [0.717, 1.165) is 54.8 Å². The Hall–Kier alpha value is -1.54. The smallest absolute Gasteiger partial charge is 0.250 e. The van der Waals surface area contributed by atoms with Crippen molar-refractivity contribution < 1.29 is 4.79 Å². The molecule has 3 rings (SSSR count). The Morgan fingerprint density at radius 1 is 1.25 bits per heavy atom. The van der Waals surface area contributed by atoms with Crippen LogP contribution in [-0.2, 0) is 4.79 Å². The van der Waals surface area contributed by atoms with Crippen molar-refractivity contribution in [3.05, 3.63) is 51.7 Å². The number of benzene rings is 1. The van der Waals surface area contributed by atoms with Gasteiger partial charge in [0.05, 0.1) is 12.0 Å². The van der Waals surface area contributed by atoms with E-state index in [-0.39, 0.29) is 5.91 Å². The van der Waals surface area contributed by atoms with Gasteiger partial charge in [-0.2, -0.15) is 16.9 Å². The van der Waals surface area contributed by atoms with Crippen LogP contribution in [-0.4, -0.2) is 61.3 Å². The van der Waals surface area contributed by atoms with Crippen LogP contribution >= 0.6 is 34.7 Å². The third kappa shape index (κ3) is 7.13. The molecule has 1 aromatic heterocycles. The number of hydrogen-bond donors (Lipinski definition) is 1. The molecule has 1 amide bonds. The predicted octanol–water partition coefficient (Wildman–Crippen LogP) is 3.80. The number of nitrogens with one attached hydrogen (secondary N) is 1. The molecule has 0 bridgehead atoms. The number of hydrazone groups is 1. The second kappa shape index (κ2) is 11.5. The van der Waals surface area contributed by atoms with Crippen LogP contribution in [0.5, 0.6) is 0 Å². The molecule has 0 radical (unpaired) electrons. The molecule has 0 unspecified atom stereocenters. The van der Waals surface area contributed by atoms with Crippen LogP contribution in [0.3, 0.4) is 0 Å². The van der Waals surface area contributed by atoms with Gasteiger partial charge in [0.15, 0.2) is 0 Å². The quantitative estimate of drug-likeness (QED) is 0.369. The third-order valence-electron chi connectivity index (χ3n) is 4.47. The Morgan fingerprint density at radius 2 is 2.11 bits per heavy atom. The zero-order valence-corrected chi connectivity index (χ0v) is 18.1. The lowest BCUT2D eigenvalue weighted by atomic mass is 10.2. The van der Waals surface area contributed by atoms with Crippen LogP contribution in [0.1, 0.15) is 11.3 Å². The summed E-state index contributed by atoms with van der Waals surface area (Å²) in [5.74, 6) is 1.38. The largest absolute Gasteiger partial charge is 0.369 e. The highest BCUT2D eigenvalue weighted by Gasteiger charge is 2.16. The van der Waals surface area contributed by atoms with E-state index in [1.807, 2.05) is 35.7 Å². The average Bonchev–Trinajstić information content (AvgIpc) is 3.22. The molecule has 1 aromatic carbocycles. The molecule has 0 atom stereocenters. The van der Waals surface area contributed by atoms with Gasteiger partial charge >= 0.3 is 0 Å². The van der Waals surface area contributed by atoms with Crippen molar-refractivity contribution >= 4 is 52.5 Å². The maximum Gasteiger partial charge on any atom is 0.250 e. The molecule has 1 fully saturated rings. The van der Waals surface area contributed by atoms with Gasteiger partial charge in [0.1, 0.15) is 0 Å². The van der Waals surface area contributed by atoms with Gasteiger partial charge in [0.25, 0.3) is 0 Å². The third-order valence-corrected chi connectivity index (χ3v) is 6.55. The molecule has 2 heterocycles. The van der Waals surface area contributed by atoms with Gasteiger partial charge in [-0.25, -0.2) is 5.43 Å². The second-order valence-electron chi connectivity index (χ2n) is 6.52. The van der Waals surface area contributed by atoms with E-state index in [4.69, 9.17) is 11.6 Å². The van der Waals surface area contributed by atoms with Crippen molar-refractivity contribution in [2.45, 2.75) is 6.42 Å². The number of hydrogen-bond acceptors (Lipinski definition) is 6. The molecule has 1 aliphatic heterocycles. The van der Waals surface area contributed by atoms with Gasteiger partial charge in [-0.1, -0.05) is 23.7 Å². The zero-order chi connectivity index (χ0) is 19.6. The topological polar surface area (TPSA) is 47.9 Å². The molecule has 0 saturated carbocycles. The fourth-order valence-corrected chi connectivity index (χ4v) is 4.52. The predicted molar refractivity (Wildman–Crippen MR) is 122 cm³/mol. The SMILES string of the molecule is O=C(CSCCCN1CCN(c2cccc(Cl)c2)CC1)NN=Cc1cccs1. The van der Waals surface area contributed by atoms with Crippen molar-refractivity contribution in [2.75, 3.05) is 49.1 Å². The summed E-state index contributed by atoms with van der Waals surface area (Å²) < 4.78 is 0. The van der Waals surface area contributed by atoms with Crippen LogP contribution < -0.4 is 10.3 Å². The molecule has 2 aromatic rings. The van der Waals surface area contributed by atoms with Crippen LogP contribution in [0.15, 0.2) is 46.9 Å². The van der Waals surface area contributed by atoms with Crippen molar-refractivity contribution in [3.8, 4) is 0 Å². The lowest BCUT2D eigenvalue weighted by Gasteiger charge is -2.36. The lowest BCUT2D eigenvalue weighted by Crippen LogP contribution is -2.46. The number of nitrogens with zero attached hydrogens (tertiary/aromatic N) is 3. The van der Waals surface area contributed by atoms with E-state index in [1.165, 1.54) is 5.69 Å². The minimum Gasteiger partial charge on any atom is -0.369 e. The van der Waals surface area contributed by atoms with Crippen molar-refractivity contribution in [2.24, 2.45) is 5.10 Å². The van der Waals surface area contributed by atoms with Crippen LogP contribution in [0, 0.1) is 0 Å². The minimum atomic E-state index is -0.0482. The Labute approximate surface area is 179 Å². The Bertz CT molecular complexity index is 761. The summed E-state index contributed by atoms with van der Waals surface area (Å²) >= 11 is 9.34. The normalized spacial score (nSPS) is 15.2. The van der Waals surface area contributed by atoms with Crippen LogP contribution in [0.25, 0.3) is 0 Å². The van der Waals surface area contributed by atoms with Crippen LogP contribution in [0.2, 0.25) is 5.02 Å². The highest BCUT2D eigenvalue weighted by Crippen LogP contribution is 2.20. The summed E-state index contributed by atoms with van der Waals surface area (Å²) in [5, 5.41) is 6.75. The fourth-order valence-electron chi connectivity index (χ4n) is 3.02. The second-order valence-corrected chi connectivity index (χ2v) is 9.04. The van der Waals surface area contributed by atoms with Gasteiger partial charge in [-0.3, -0.25) is 9.69 Å². The summed E-state index contributed by atoms with van der Waals surface area (Å²) in [6.45, 7) is 5.26. The van der Waals surface area contributed by atoms with Crippen molar-refractivity contribution in [1.29, 1.82) is 0 Å². The highest BCUT2D eigenvalue weighted by atomic mass is 35.5. The van der Waals surface area contributed by atoms with Gasteiger partial charge in [-0.05, 0) is 48.4 Å². The summed E-state index contributed by atoms with van der Waals surface area (Å²) in [7, 11) is 0. The fraction of sp³-hybridized carbons (Fsp3) is 0.400. The summed E-state index contributed by atoms with van der Waals surface area (Å²) in [6, 6.07) is 12.0. The molecule has 1 saturated heterocycles. The minimum absolute atomic E-state index is 0.0482. The maximum absolute atomic E-state index is 11.8. The number of thioether (sulfide) groups is 1. The summed E-state index contributed by atoms with van der Waals surface area (Å²) in [6.07, 6.45) is 2.77. The van der Waals surface area contributed by atoms with E-state index in [2.05, 4.69) is 26.4 Å². The lowest BCUT2D eigenvalue weighted by molar-refractivity contribution is -0.118. The number of anilines is 1. The maximum atomic E-state index is 11.8. The van der Waals surface area contributed by atoms with Gasteiger partial charge in [0.2, 0.25) is 5.91 Å². The first-order valence-electron chi connectivity index (χ1n) is 9.37. The van der Waals surface area contributed by atoms with E-state index < -0.39 is 0 Å². The molecule has 1 aliphatic rings. The van der Waals surface area contributed by atoms with Crippen molar-refractivity contribution in [1.82, 2.24) is 10.3 Å². The molecule has 5 nitrogen and oxygen atoms in total. The standard InChI is InChI=1S/C20H25ClN4OS2/c21-17-4-1-5-18(14-17)25-10-8-24(9-11-25)7-3-12-27-16-20(26)23-22-15-19-6-2-13-28-19/h1-2,4-6,13-15H,3,7-12,16H2,(H,23,26). The monoisotopic (exact) mass is 436 g/mol. The molecule has 0 spiro atoms. The Morgan fingerprint density at radius 3 is 2.86 bits per heavy atom. The molecule has 0 aliphatic carbocycles. The Kier molecular flexibility index (Phi) is 8.67. The van der Waals surface area contributed by atoms with E-state index >= 15 is 0 Å². The first-order chi connectivity index (χ1) is 13.7. The number of carbonyl (C=O) groups excluding carboxylic acids is 1. The first kappa shape index (κ1) is 21.2. The van der Waals surface area contributed by atoms with E-state index in [0.29, 0.717) is 5.75 Å². The molecular formula is C20H25ClN4OS2. The first-order valence-corrected chi connectivity index (χ1v) is 11.8. The molecule has 1 N–H and O–H groups in total. The molecule has 28 heavy (non-hydrogen) atoms. The highest BCUT2D eigenvalue weighted by molar-refractivity contribution is 7.99. The summed E-state index contributed by atoms with van der Waals surface area (Å²) in [4.78, 5) is 17.7. The molecular weight excluding hydrogens is 412 g/mol. The summed E-state index contributed by atoms with van der Waals surface area (Å²) in [5.41, 5.74) is 3.78. The van der Waals surface area contributed by atoms with Crippen LogP contribution in [0.4, 0.5) is 5.69 Å². The van der Waals surface area contributed by atoms with E-state index in [1.54, 1.807) is 29.3 Å². The number of piperazine rings is 1. The Balaban J connectivity index is 1.24. The van der Waals surface area contributed by atoms with Gasteiger partial charge < -0.3 is 4.90 Å². The van der Waals surface area contributed by atoms with E-state index in [9.17, 15) is 4.79 Å². The number of halogens is 1. The average molecular weight is 437 g/mol. The number of thiophene rings is 1. The number of rotatable bonds is 9. The molecule has 150 valence electrons. The zero-order valence-electron chi connectivity index (χ0n) is 15.7. The van der Waals surface area contributed by atoms with Crippen molar-refractivity contribution in [3.63, 3.8) is 0 Å². The number of amides is 1. The van der Waals surface area contributed by atoms with Gasteiger partial charge in [-0.15, -0.1) is 11.3 Å². The van der Waals surface area contributed by atoms with Gasteiger partial charge in [0, 0.05) is 41.8 Å². The molecule has 8 heteroatoms. The number of carbonyl (C=O) groups is 1.